The summed E-state index contributed by atoms with van der Waals surface area (Å²) in [5.41, 5.74) is 4.44. The van der Waals surface area contributed by atoms with Gasteiger partial charge >= 0.3 is 0 Å². The molecule has 100 valence electrons. The molecule has 1 aromatic carbocycles. The lowest BCUT2D eigenvalue weighted by Crippen LogP contribution is -2.39. The number of morpholine rings is 1. The summed E-state index contributed by atoms with van der Waals surface area (Å²) in [6.07, 6.45) is 1.35. The highest BCUT2D eigenvalue weighted by molar-refractivity contribution is 5.34. The zero-order chi connectivity index (χ0) is 13.2. The Kier molecular flexibility index (Phi) is 4.08. The Labute approximate surface area is 111 Å². The van der Waals surface area contributed by atoms with Gasteiger partial charge in [0.25, 0.3) is 0 Å². The second kappa shape index (κ2) is 5.41. The average molecular weight is 247 g/mol. The van der Waals surface area contributed by atoms with Gasteiger partial charge in [0.05, 0.1) is 12.7 Å². The van der Waals surface area contributed by atoms with Crippen molar-refractivity contribution in [2.75, 3.05) is 19.7 Å². The number of aryl methyl sites for hydroxylation is 1. The largest absolute Gasteiger partial charge is 0.375 e. The second-order valence-electron chi connectivity index (χ2n) is 6.29. The van der Waals surface area contributed by atoms with Gasteiger partial charge < -0.3 is 10.1 Å². The van der Waals surface area contributed by atoms with Crippen LogP contribution in [0.15, 0.2) is 18.2 Å². The van der Waals surface area contributed by atoms with Gasteiger partial charge in [-0.05, 0) is 29.0 Å². The third kappa shape index (κ3) is 3.33. The molecule has 0 saturated carbocycles. The van der Waals surface area contributed by atoms with Gasteiger partial charge in [0.1, 0.15) is 0 Å². The fourth-order valence-electron chi connectivity index (χ4n) is 2.39. The number of hydrogen-bond acceptors (Lipinski definition) is 2. The minimum absolute atomic E-state index is 0.228. The molecule has 2 heteroatoms. The van der Waals surface area contributed by atoms with E-state index in [1.54, 1.807) is 0 Å². The van der Waals surface area contributed by atoms with E-state index in [4.69, 9.17) is 4.74 Å². The fraction of sp³-hybridized carbons (Fsp3) is 0.625. The maximum atomic E-state index is 5.77. The van der Waals surface area contributed by atoms with E-state index in [-0.39, 0.29) is 5.41 Å². The highest BCUT2D eigenvalue weighted by Crippen LogP contribution is 2.25. The molecule has 1 aliphatic heterocycles. The van der Waals surface area contributed by atoms with Gasteiger partial charge in [0.2, 0.25) is 0 Å². The van der Waals surface area contributed by atoms with Gasteiger partial charge in [-0.1, -0.05) is 39.0 Å². The van der Waals surface area contributed by atoms with Crippen molar-refractivity contribution in [1.29, 1.82) is 0 Å². The van der Waals surface area contributed by atoms with Crippen LogP contribution in [0.2, 0.25) is 0 Å². The first-order valence-electron chi connectivity index (χ1n) is 6.89. The first-order chi connectivity index (χ1) is 8.47. The van der Waals surface area contributed by atoms with E-state index in [2.05, 4.69) is 51.2 Å². The van der Waals surface area contributed by atoms with Crippen LogP contribution >= 0.6 is 0 Å². The molecule has 1 unspecified atom stereocenters. The molecule has 0 spiro atoms. The van der Waals surface area contributed by atoms with Gasteiger partial charge in [-0.3, -0.25) is 0 Å². The summed E-state index contributed by atoms with van der Waals surface area (Å²) in [4.78, 5) is 0. The van der Waals surface area contributed by atoms with Gasteiger partial charge in [0, 0.05) is 19.5 Å². The number of ether oxygens (including phenoxy) is 1. The Morgan fingerprint density at radius 1 is 1.33 bits per heavy atom. The van der Waals surface area contributed by atoms with Crippen LogP contribution < -0.4 is 5.32 Å². The van der Waals surface area contributed by atoms with E-state index in [0.717, 1.165) is 26.1 Å². The Bertz CT molecular complexity index is 400. The summed E-state index contributed by atoms with van der Waals surface area (Å²) in [6.45, 7) is 11.8. The Morgan fingerprint density at radius 2 is 2.11 bits per heavy atom. The van der Waals surface area contributed by atoms with Crippen LogP contribution in [-0.4, -0.2) is 25.8 Å². The summed E-state index contributed by atoms with van der Waals surface area (Å²) in [7, 11) is 0. The third-order valence-electron chi connectivity index (χ3n) is 3.66. The zero-order valence-corrected chi connectivity index (χ0v) is 12.0. The van der Waals surface area contributed by atoms with Crippen molar-refractivity contribution >= 4 is 0 Å². The van der Waals surface area contributed by atoms with Crippen molar-refractivity contribution in [3.63, 3.8) is 0 Å². The zero-order valence-electron chi connectivity index (χ0n) is 12.0. The summed E-state index contributed by atoms with van der Waals surface area (Å²) in [6, 6.07) is 6.86. The molecule has 1 aromatic rings. The maximum absolute atomic E-state index is 5.77. The predicted octanol–water partition coefficient (Wildman–Crippen LogP) is 2.82. The number of nitrogens with one attached hydrogen (secondary N) is 1. The standard InChI is InChI=1S/C16H25NO/c1-12-9-14(16(2,3)4)6-5-13(12)10-15-11-17-7-8-18-15/h5-6,9,15,17H,7-8,10-11H2,1-4H3. The lowest BCUT2D eigenvalue weighted by atomic mass is 9.85. The predicted molar refractivity (Wildman–Crippen MR) is 76.2 cm³/mol. The van der Waals surface area contributed by atoms with E-state index >= 15 is 0 Å². The monoisotopic (exact) mass is 247 g/mol. The molecule has 1 fully saturated rings. The SMILES string of the molecule is Cc1cc(C(C)(C)C)ccc1CC1CNCCO1. The first kappa shape index (κ1) is 13.6. The van der Waals surface area contributed by atoms with Crippen LogP contribution in [0.25, 0.3) is 0 Å². The van der Waals surface area contributed by atoms with Crippen LogP contribution in [0.5, 0.6) is 0 Å². The summed E-state index contributed by atoms with van der Waals surface area (Å²) in [5.74, 6) is 0. The van der Waals surface area contributed by atoms with E-state index in [1.165, 1.54) is 16.7 Å². The molecule has 2 nitrogen and oxygen atoms in total. The molecule has 1 saturated heterocycles. The summed E-state index contributed by atoms with van der Waals surface area (Å²) in [5, 5.41) is 3.39. The van der Waals surface area contributed by atoms with E-state index in [9.17, 15) is 0 Å². The molecule has 0 aromatic heterocycles. The molecule has 0 radical (unpaired) electrons. The Balaban J connectivity index is 2.09. The van der Waals surface area contributed by atoms with Crippen LogP contribution in [0.1, 0.15) is 37.5 Å². The lowest BCUT2D eigenvalue weighted by molar-refractivity contribution is 0.0291. The van der Waals surface area contributed by atoms with Gasteiger partial charge in [0.15, 0.2) is 0 Å². The van der Waals surface area contributed by atoms with Crippen molar-refractivity contribution in [3.05, 3.63) is 34.9 Å². The molecule has 0 bridgehead atoms. The molecular weight excluding hydrogens is 222 g/mol. The molecule has 1 aliphatic rings. The van der Waals surface area contributed by atoms with Gasteiger partial charge in [-0.15, -0.1) is 0 Å². The van der Waals surface area contributed by atoms with Crippen LogP contribution in [0.4, 0.5) is 0 Å². The molecule has 1 N–H and O–H groups in total. The topological polar surface area (TPSA) is 21.3 Å². The molecule has 0 amide bonds. The molecule has 1 heterocycles. The van der Waals surface area contributed by atoms with Crippen molar-refractivity contribution in [2.45, 2.75) is 45.6 Å². The number of rotatable bonds is 2. The minimum Gasteiger partial charge on any atom is -0.375 e. The number of benzene rings is 1. The molecule has 18 heavy (non-hydrogen) atoms. The highest BCUT2D eigenvalue weighted by Gasteiger charge is 2.17. The smallest absolute Gasteiger partial charge is 0.0740 e. The van der Waals surface area contributed by atoms with Crippen molar-refractivity contribution < 1.29 is 4.74 Å². The van der Waals surface area contributed by atoms with E-state index in [0.29, 0.717) is 6.10 Å². The van der Waals surface area contributed by atoms with Crippen molar-refractivity contribution in [2.24, 2.45) is 0 Å². The minimum atomic E-state index is 0.228. The van der Waals surface area contributed by atoms with Crippen LogP contribution in [0.3, 0.4) is 0 Å². The molecule has 0 aliphatic carbocycles. The molecule has 2 rings (SSSR count). The average Bonchev–Trinajstić information content (AvgIpc) is 2.32. The van der Waals surface area contributed by atoms with E-state index in [1.807, 2.05) is 0 Å². The second-order valence-corrected chi connectivity index (χ2v) is 6.29. The highest BCUT2D eigenvalue weighted by atomic mass is 16.5. The van der Waals surface area contributed by atoms with Crippen LogP contribution in [-0.2, 0) is 16.6 Å². The quantitative estimate of drug-likeness (QED) is 0.867. The van der Waals surface area contributed by atoms with E-state index < -0.39 is 0 Å². The fourth-order valence-corrected chi connectivity index (χ4v) is 2.39. The van der Waals surface area contributed by atoms with Crippen molar-refractivity contribution in [1.82, 2.24) is 5.32 Å². The van der Waals surface area contributed by atoms with Crippen molar-refractivity contribution in [3.8, 4) is 0 Å². The summed E-state index contributed by atoms with van der Waals surface area (Å²) >= 11 is 0. The van der Waals surface area contributed by atoms with Gasteiger partial charge in [-0.2, -0.15) is 0 Å². The number of hydrogen-bond donors (Lipinski definition) is 1. The first-order valence-corrected chi connectivity index (χ1v) is 6.89. The Morgan fingerprint density at radius 3 is 2.67 bits per heavy atom. The molecule has 1 atom stereocenters. The lowest BCUT2D eigenvalue weighted by Gasteiger charge is -2.25. The molecular formula is C16H25NO. The summed E-state index contributed by atoms with van der Waals surface area (Å²) < 4.78 is 5.77. The maximum Gasteiger partial charge on any atom is 0.0740 e. The van der Waals surface area contributed by atoms with Gasteiger partial charge in [-0.25, -0.2) is 0 Å². The van der Waals surface area contributed by atoms with Crippen LogP contribution in [0, 0.1) is 6.92 Å². The third-order valence-corrected chi connectivity index (χ3v) is 3.66. The normalized spacial score (nSPS) is 21.0. The Hall–Kier alpha value is -0.860.